The Bertz CT molecular complexity index is 2110. The third-order valence-corrected chi connectivity index (χ3v) is 13.2. The van der Waals surface area contributed by atoms with Crippen LogP contribution in [-0.4, -0.2) is 63.6 Å². The van der Waals surface area contributed by atoms with Crippen molar-refractivity contribution in [3.8, 4) is 17.2 Å². The number of epoxide rings is 1. The summed E-state index contributed by atoms with van der Waals surface area (Å²) in [5.41, 5.74) is -2.02. The molecule has 2 saturated carbocycles. The molecule has 54 heavy (non-hydrogen) atoms. The summed E-state index contributed by atoms with van der Waals surface area (Å²) < 4.78 is 23.0. The maximum absolute atomic E-state index is 14.3. The van der Waals surface area contributed by atoms with E-state index in [1.165, 1.54) is 19.1 Å². The number of Topliss-reactive ketones (excluding diaryl/α,β-unsaturated/α-hetero) is 2. The summed E-state index contributed by atoms with van der Waals surface area (Å²) in [7, 11) is 1.58. The lowest BCUT2D eigenvalue weighted by molar-refractivity contribution is -0.200. The summed E-state index contributed by atoms with van der Waals surface area (Å²) in [6.07, 6.45) is 7.36. The van der Waals surface area contributed by atoms with Crippen molar-refractivity contribution in [2.75, 3.05) is 7.11 Å². The zero-order chi connectivity index (χ0) is 39.2. The maximum atomic E-state index is 14.3. The molecule has 1 aliphatic heterocycles. The molecule has 1 aromatic heterocycles. The Hall–Kier alpha value is -5.16. The predicted octanol–water partition coefficient (Wildman–Crippen LogP) is 6.97. The maximum Gasteiger partial charge on any atom is 0.302 e. The van der Waals surface area contributed by atoms with Crippen LogP contribution in [0.25, 0.3) is 0 Å². The molecule has 3 N–H and O–H groups in total. The summed E-state index contributed by atoms with van der Waals surface area (Å²) in [4.78, 5) is 51.6. The lowest BCUT2D eigenvalue weighted by atomic mass is 9.38. The van der Waals surface area contributed by atoms with Gasteiger partial charge in [0, 0.05) is 36.2 Å². The van der Waals surface area contributed by atoms with Gasteiger partial charge in [0.15, 0.2) is 17.3 Å². The highest BCUT2D eigenvalue weighted by Crippen LogP contribution is 2.81. The third-order valence-electron chi connectivity index (χ3n) is 13.2. The Morgan fingerprint density at radius 2 is 1.67 bits per heavy atom. The first kappa shape index (κ1) is 37.2. The number of carbonyl (C=O) groups excluding carboxylic acids is 4. The number of allylic oxidation sites excluding steroid dienone is 4. The molecule has 8 unspecified atom stereocenters. The number of hydrogen-bond donors (Lipinski definition) is 3. The second-order valence-corrected chi connectivity index (χ2v) is 16.4. The molecule has 4 aliphatic carbocycles. The van der Waals surface area contributed by atoms with Crippen LogP contribution in [0, 0.1) is 27.6 Å². The molecule has 284 valence electrons. The van der Waals surface area contributed by atoms with Crippen LogP contribution in [0.15, 0.2) is 89.0 Å². The summed E-state index contributed by atoms with van der Waals surface area (Å²) >= 11 is 0. The summed E-state index contributed by atoms with van der Waals surface area (Å²) in [6, 6.07) is 13.0. The average molecular weight is 739 g/mol. The van der Waals surface area contributed by atoms with Crippen LogP contribution in [0.2, 0.25) is 0 Å². The summed E-state index contributed by atoms with van der Waals surface area (Å²) in [6.45, 7) is 10.8. The predicted molar refractivity (Wildman–Crippen MR) is 195 cm³/mol. The second-order valence-electron chi connectivity index (χ2n) is 16.4. The minimum atomic E-state index is -1.17. The normalized spacial score (nSPS) is 34.1. The van der Waals surface area contributed by atoms with E-state index >= 15 is 0 Å². The van der Waals surface area contributed by atoms with Crippen LogP contribution in [-0.2, 0) is 30.3 Å². The number of ketones is 3. The summed E-state index contributed by atoms with van der Waals surface area (Å²) in [5.74, 6) is -1.60. The van der Waals surface area contributed by atoms with Gasteiger partial charge in [0.1, 0.15) is 29.0 Å². The molecule has 3 aromatic rings. The van der Waals surface area contributed by atoms with E-state index in [0.717, 1.165) is 22.9 Å². The van der Waals surface area contributed by atoms with Gasteiger partial charge >= 0.3 is 5.97 Å². The Kier molecular flexibility index (Phi) is 8.57. The fourth-order valence-corrected chi connectivity index (χ4v) is 11.0. The number of hydrogen-bond acceptors (Lipinski definition) is 11. The molecule has 2 aromatic carbocycles. The van der Waals surface area contributed by atoms with E-state index in [4.69, 9.17) is 18.6 Å². The number of carbonyl (C=O) groups is 4. The number of furan rings is 1. The van der Waals surface area contributed by atoms with Crippen molar-refractivity contribution >= 4 is 23.3 Å². The van der Waals surface area contributed by atoms with Gasteiger partial charge in [0.2, 0.25) is 5.78 Å². The highest BCUT2D eigenvalue weighted by atomic mass is 16.6. The van der Waals surface area contributed by atoms with Crippen LogP contribution in [0.5, 0.6) is 17.2 Å². The molecule has 0 radical (unpaired) electrons. The first-order valence-electron chi connectivity index (χ1n) is 18.1. The number of aliphatic hydroxyl groups is 1. The van der Waals surface area contributed by atoms with Crippen LogP contribution in [0.3, 0.4) is 0 Å². The monoisotopic (exact) mass is 738 g/mol. The fourth-order valence-electron chi connectivity index (χ4n) is 11.0. The average Bonchev–Trinajstić information content (AvgIpc) is 3.47. The van der Waals surface area contributed by atoms with Crippen molar-refractivity contribution in [3.05, 3.63) is 101 Å². The Labute approximate surface area is 313 Å². The molecule has 5 aliphatic rings. The molecule has 11 heteroatoms. The van der Waals surface area contributed by atoms with E-state index in [9.17, 15) is 34.5 Å². The first-order chi connectivity index (χ1) is 25.4. The van der Waals surface area contributed by atoms with Gasteiger partial charge in [-0.05, 0) is 92.6 Å². The number of ether oxygens (including phenoxy) is 3. The number of benzene rings is 2. The molecule has 2 heterocycles. The number of fused-ring (bicyclic) bond motifs is 3. The van der Waals surface area contributed by atoms with Gasteiger partial charge in [0.25, 0.3) is 0 Å². The minimum absolute atomic E-state index is 0.0453. The smallest absolute Gasteiger partial charge is 0.302 e. The molecule has 1 saturated heterocycles. The minimum Gasteiger partial charge on any atom is -0.508 e. The Morgan fingerprint density at radius 1 is 0.963 bits per heavy atom. The molecule has 0 bridgehead atoms. The molecular weight excluding hydrogens is 692 g/mol. The molecule has 3 fully saturated rings. The number of phenolic OH excluding ortho intramolecular Hbond substituents is 2. The molecule has 8 rings (SSSR count). The van der Waals surface area contributed by atoms with Crippen molar-refractivity contribution in [2.24, 2.45) is 27.6 Å². The van der Waals surface area contributed by atoms with Gasteiger partial charge in [0.05, 0.1) is 42.1 Å². The second kappa shape index (κ2) is 12.4. The number of esters is 1. The topological polar surface area (TPSA) is 173 Å². The molecule has 0 amide bonds. The van der Waals surface area contributed by atoms with Gasteiger partial charge in [-0.15, -0.1) is 0 Å². The van der Waals surface area contributed by atoms with E-state index < -0.39 is 51.0 Å². The van der Waals surface area contributed by atoms with E-state index in [-0.39, 0.29) is 52.8 Å². The largest absolute Gasteiger partial charge is 0.508 e. The van der Waals surface area contributed by atoms with Gasteiger partial charge in [-0.1, -0.05) is 32.1 Å². The SMILES string of the molecule is CC(=O)OC1CC2(C)C(c3ccoc3)CC3OC32C2(C)C(=O)C(O)=C3C(C)(C)C(=O)C=CC3(C)C12.COc1ccc(CC(=O)c2ccc(O)cc2O)cc1. The molecule has 1 spiro atoms. The van der Waals surface area contributed by atoms with Gasteiger partial charge in [-0.25, -0.2) is 0 Å². The Balaban J connectivity index is 0.000000201. The molecule has 8 atom stereocenters. The van der Waals surface area contributed by atoms with Gasteiger partial charge in [-0.2, -0.15) is 0 Å². The summed E-state index contributed by atoms with van der Waals surface area (Å²) in [5, 5.41) is 30.3. The number of methoxy groups -OCH3 is 1. The zero-order valence-corrected chi connectivity index (χ0v) is 31.5. The third kappa shape index (κ3) is 5.11. The molecule has 11 nitrogen and oxygen atoms in total. The number of aliphatic hydroxyl groups excluding tert-OH is 1. The number of rotatable bonds is 6. The zero-order valence-electron chi connectivity index (χ0n) is 31.5. The van der Waals surface area contributed by atoms with Crippen LogP contribution in [0.4, 0.5) is 0 Å². The highest BCUT2D eigenvalue weighted by molar-refractivity contribution is 6.06. The lowest BCUT2D eigenvalue weighted by Gasteiger charge is -2.64. The van der Waals surface area contributed by atoms with E-state index in [0.29, 0.717) is 18.4 Å². The van der Waals surface area contributed by atoms with Gasteiger partial charge < -0.3 is 33.9 Å². The number of phenols is 2. The van der Waals surface area contributed by atoms with E-state index in [1.54, 1.807) is 69.9 Å². The standard InChI is InChI=1S/C28H32O7.C15H14O4/c1-14(29)34-17-12-26(5)16(15-8-10-33-13-15)11-19-28(26,35-19)27(6)21(17)25(4)9-7-18(30)24(2,3)22(25)20(31)23(27)32;1-19-12-5-2-10(3-6-12)8-14(17)13-7-4-11(16)9-15(13)18/h7-10,13,16-17,19,21,31H,11-12H2,1-6H3;2-7,9,16,18H,8H2,1H3. The Morgan fingerprint density at radius 3 is 2.28 bits per heavy atom. The van der Waals surface area contributed by atoms with Crippen LogP contribution < -0.4 is 4.74 Å². The van der Waals surface area contributed by atoms with Crippen molar-refractivity contribution in [1.82, 2.24) is 0 Å². The fraction of sp³-hybridized carbons (Fsp3) is 0.442. The van der Waals surface area contributed by atoms with Crippen LogP contribution >= 0.6 is 0 Å². The van der Waals surface area contributed by atoms with E-state index in [2.05, 4.69) is 6.92 Å². The first-order valence-corrected chi connectivity index (χ1v) is 18.1. The van der Waals surface area contributed by atoms with Crippen molar-refractivity contribution in [1.29, 1.82) is 0 Å². The van der Waals surface area contributed by atoms with Crippen LogP contribution in [0.1, 0.15) is 81.8 Å². The van der Waals surface area contributed by atoms with Crippen molar-refractivity contribution in [2.45, 2.75) is 84.5 Å². The van der Waals surface area contributed by atoms with Crippen molar-refractivity contribution in [3.63, 3.8) is 0 Å². The highest BCUT2D eigenvalue weighted by Gasteiger charge is 2.89. The quantitative estimate of drug-likeness (QED) is 0.135. The number of aromatic hydroxyl groups is 2. The van der Waals surface area contributed by atoms with Gasteiger partial charge in [-0.3, -0.25) is 19.2 Å². The lowest BCUT2D eigenvalue weighted by Crippen LogP contribution is -2.70. The van der Waals surface area contributed by atoms with E-state index in [1.807, 2.05) is 19.9 Å². The molecular formula is C43H46O11. The van der Waals surface area contributed by atoms with Crippen molar-refractivity contribution < 1.29 is 53.1 Å².